The largest absolute Gasteiger partial charge is 0.481 e. The normalized spacial score (nSPS) is 15.1. The third kappa shape index (κ3) is 6.79. The molecule has 0 saturated carbocycles. The zero-order valence-corrected chi connectivity index (χ0v) is 24.8. The molecule has 1 aliphatic rings. The van der Waals surface area contributed by atoms with Crippen LogP contribution in [0.4, 0.5) is 11.4 Å². The first-order valence-corrected chi connectivity index (χ1v) is 16.2. The van der Waals surface area contributed by atoms with E-state index in [0.717, 1.165) is 17.5 Å². The van der Waals surface area contributed by atoms with Gasteiger partial charge in [-0.15, -0.1) is 0 Å². The Hall–Kier alpha value is -3.84. The average molecular weight is 614 g/mol. The molecule has 4 rings (SSSR count). The number of hydrogen-bond donors (Lipinski definition) is 4. The molecule has 1 aliphatic heterocycles. The minimum absolute atomic E-state index is 0.0687. The van der Waals surface area contributed by atoms with Crippen LogP contribution in [0.1, 0.15) is 45.1 Å². The fourth-order valence-corrected chi connectivity index (χ4v) is 6.69. The van der Waals surface area contributed by atoms with Gasteiger partial charge in [-0.1, -0.05) is 24.3 Å². The maximum atomic E-state index is 12.3. The quantitative estimate of drug-likeness (QED) is 0.0890. The molecule has 12 heteroatoms. The number of fused-ring (bicyclic) bond motifs is 3. The Kier molecular flexibility index (Phi) is 9.02. The summed E-state index contributed by atoms with van der Waals surface area (Å²) in [5.41, 5.74) is 2.35. The number of unbranched alkanes of at least 4 members (excludes halogenated alkanes) is 2. The second-order valence-corrected chi connectivity index (χ2v) is 13.3. The van der Waals surface area contributed by atoms with E-state index >= 15 is 0 Å². The number of carboxylic acids is 1. The summed E-state index contributed by atoms with van der Waals surface area (Å²) in [4.78, 5) is 9.68. The molecule has 0 fully saturated rings. The van der Waals surface area contributed by atoms with Crippen molar-refractivity contribution >= 4 is 54.1 Å². The fourth-order valence-electron chi connectivity index (χ4n) is 5.35. The van der Waals surface area contributed by atoms with Gasteiger partial charge in [-0.2, -0.15) is 21.4 Å². The van der Waals surface area contributed by atoms with Crippen LogP contribution in [-0.4, -0.2) is 53.8 Å². The first-order valence-electron chi connectivity index (χ1n) is 13.3. The van der Waals surface area contributed by atoms with Crippen LogP contribution in [0.15, 0.2) is 88.8 Å². The predicted molar refractivity (Wildman–Crippen MR) is 161 cm³/mol. The number of carbonyl (C=O) groups is 1. The number of anilines is 1. The van der Waals surface area contributed by atoms with E-state index < -0.39 is 41.4 Å². The lowest BCUT2D eigenvalue weighted by Gasteiger charge is -2.18. The lowest BCUT2D eigenvalue weighted by molar-refractivity contribution is -0.438. The number of nitrogens with zero attached hydrogens (tertiary/aromatic N) is 1. The minimum Gasteiger partial charge on any atom is -0.481 e. The van der Waals surface area contributed by atoms with Crippen LogP contribution in [-0.2, 0) is 30.4 Å². The highest BCUT2D eigenvalue weighted by Crippen LogP contribution is 2.46. The number of hydrogen-bond acceptors (Lipinski definition) is 6. The second kappa shape index (κ2) is 12.2. The van der Waals surface area contributed by atoms with Crippen molar-refractivity contribution in [3.05, 3.63) is 84.6 Å². The van der Waals surface area contributed by atoms with E-state index in [1.807, 2.05) is 62.4 Å². The zero-order chi connectivity index (χ0) is 30.7. The predicted octanol–water partition coefficient (Wildman–Crippen LogP) is 5.54. The van der Waals surface area contributed by atoms with Crippen molar-refractivity contribution in [3.63, 3.8) is 0 Å². The van der Waals surface area contributed by atoms with Crippen LogP contribution >= 0.6 is 0 Å². The smallest absolute Gasteiger partial charge is 0.303 e. The summed E-state index contributed by atoms with van der Waals surface area (Å²) in [5, 5.41) is 12.5. The van der Waals surface area contributed by atoms with E-state index in [9.17, 15) is 30.7 Å². The summed E-state index contributed by atoms with van der Waals surface area (Å²) < 4.78 is 70.5. The van der Waals surface area contributed by atoms with Crippen LogP contribution in [0.5, 0.6) is 0 Å². The van der Waals surface area contributed by atoms with Gasteiger partial charge in [-0.05, 0) is 68.5 Å². The number of benzene rings is 3. The van der Waals surface area contributed by atoms with Gasteiger partial charge in [0.15, 0.2) is 5.71 Å². The van der Waals surface area contributed by atoms with Gasteiger partial charge in [0.05, 0.1) is 10.3 Å². The third-order valence-corrected chi connectivity index (χ3v) is 8.95. The van der Waals surface area contributed by atoms with Crippen molar-refractivity contribution in [3.8, 4) is 0 Å². The molecule has 0 saturated heterocycles. The number of carboxylic acid groups (broad SMARTS) is 1. The zero-order valence-electron chi connectivity index (χ0n) is 23.2. The Labute approximate surface area is 245 Å². The summed E-state index contributed by atoms with van der Waals surface area (Å²) >= 11 is 0. The van der Waals surface area contributed by atoms with Gasteiger partial charge in [0.2, 0.25) is 5.69 Å². The molecule has 0 amide bonds. The number of allylic oxidation sites excluding steroid dienone is 3. The van der Waals surface area contributed by atoms with E-state index in [4.69, 9.17) is 5.11 Å². The summed E-state index contributed by atoms with van der Waals surface area (Å²) in [6.45, 7) is 4.37. The lowest BCUT2D eigenvalue weighted by atomic mass is 9.79. The summed E-state index contributed by atoms with van der Waals surface area (Å²) in [5.74, 6) is -0.857. The van der Waals surface area contributed by atoms with Gasteiger partial charge in [0.25, 0.3) is 20.2 Å². The van der Waals surface area contributed by atoms with Crippen molar-refractivity contribution < 1.29 is 40.4 Å². The van der Waals surface area contributed by atoms with Crippen LogP contribution < -0.4 is 5.32 Å². The molecule has 0 aliphatic carbocycles. The Balaban J connectivity index is 1.82. The molecule has 3 aromatic rings. The van der Waals surface area contributed by atoms with Gasteiger partial charge < -0.3 is 10.4 Å². The van der Waals surface area contributed by atoms with Gasteiger partial charge in [0, 0.05) is 47.8 Å². The van der Waals surface area contributed by atoms with E-state index in [-0.39, 0.29) is 17.2 Å². The van der Waals surface area contributed by atoms with Crippen molar-refractivity contribution in [2.75, 3.05) is 11.9 Å². The molecule has 3 aromatic carbocycles. The van der Waals surface area contributed by atoms with Crippen molar-refractivity contribution in [2.45, 2.75) is 54.7 Å². The number of aliphatic carboxylic acids is 1. The summed E-state index contributed by atoms with van der Waals surface area (Å²) in [6.07, 6.45) is 9.31. The first-order chi connectivity index (χ1) is 19.7. The molecule has 1 heterocycles. The highest BCUT2D eigenvalue weighted by molar-refractivity contribution is 7.86. The molecule has 10 nitrogen and oxygen atoms in total. The highest BCUT2D eigenvalue weighted by atomic mass is 32.2. The third-order valence-electron chi connectivity index (χ3n) is 7.23. The fraction of sp³-hybridized carbons (Fsp3) is 0.267. The molecule has 222 valence electrons. The molecule has 0 aromatic heterocycles. The Bertz CT molecular complexity index is 1830. The maximum absolute atomic E-state index is 12.3. The lowest BCUT2D eigenvalue weighted by Crippen LogP contribution is -2.28. The van der Waals surface area contributed by atoms with Crippen LogP contribution in [0.25, 0.3) is 10.8 Å². The molecule has 0 bridgehead atoms. The van der Waals surface area contributed by atoms with E-state index in [1.165, 1.54) is 12.1 Å². The molecule has 42 heavy (non-hydrogen) atoms. The van der Waals surface area contributed by atoms with Gasteiger partial charge >= 0.3 is 5.97 Å². The van der Waals surface area contributed by atoms with E-state index in [2.05, 4.69) is 9.89 Å². The van der Waals surface area contributed by atoms with Crippen molar-refractivity contribution in [1.29, 1.82) is 0 Å². The SMILES string of the molecule is CC1(C)C(/C=C/C=C/Nc2ccccc2)=[N+](CCCCCC(=O)O)c2ccc3c(S(=O)(=O)O)cc(S(=O)(=O)O)cc3c21. The van der Waals surface area contributed by atoms with Gasteiger partial charge in [0.1, 0.15) is 11.4 Å². The Morgan fingerprint density at radius 3 is 2.26 bits per heavy atom. The average Bonchev–Trinajstić information content (AvgIpc) is 3.12. The molecule has 0 spiro atoms. The van der Waals surface area contributed by atoms with Crippen LogP contribution in [0.3, 0.4) is 0 Å². The molecule has 0 radical (unpaired) electrons. The summed E-state index contributed by atoms with van der Waals surface area (Å²) in [6, 6.07) is 14.8. The van der Waals surface area contributed by atoms with Crippen LogP contribution in [0, 0.1) is 0 Å². The number of nitrogens with one attached hydrogen (secondary N) is 1. The molecule has 4 N–H and O–H groups in total. The Morgan fingerprint density at radius 1 is 0.905 bits per heavy atom. The number of para-hydroxylation sites is 1. The molecule has 0 unspecified atom stereocenters. The highest BCUT2D eigenvalue weighted by Gasteiger charge is 2.46. The minimum atomic E-state index is -4.84. The number of rotatable bonds is 12. The van der Waals surface area contributed by atoms with Crippen molar-refractivity contribution in [2.24, 2.45) is 0 Å². The second-order valence-electron chi connectivity index (χ2n) is 10.5. The molecular formula is C30H33N2O8S2+. The van der Waals surface area contributed by atoms with E-state index in [0.29, 0.717) is 37.1 Å². The molecular weight excluding hydrogens is 580 g/mol. The molecule has 0 atom stereocenters. The standard InChI is InChI=1S/C30H32N2O8S2/c1-30(2)27(13-8-9-17-31-21-11-5-3-6-12-21)32(18-10-4-7-14-28(33)34)25-16-15-23-24(29(25)30)19-22(41(35,36)37)20-26(23)42(38,39)40/h3,5-6,8-9,11-13,15-17,19-20H,4,7,10,14,18H2,1-2H3,(H3,33,34,35,36,37,38,39,40)/p+1. The van der Waals surface area contributed by atoms with E-state index in [1.54, 1.807) is 12.3 Å². The van der Waals surface area contributed by atoms with Crippen LogP contribution in [0.2, 0.25) is 0 Å². The monoisotopic (exact) mass is 613 g/mol. The van der Waals surface area contributed by atoms with Gasteiger partial charge in [-0.3, -0.25) is 13.9 Å². The first kappa shape index (κ1) is 31.1. The van der Waals surface area contributed by atoms with Crippen molar-refractivity contribution in [1.82, 2.24) is 0 Å². The van der Waals surface area contributed by atoms with Gasteiger partial charge in [-0.25, -0.2) is 0 Å². The summed E-state index contributed by atoms with van der Waals surface area (Å²) in [7, 11) is -9.64. The topological polar surface area (TPSA) is 161 Å². The maximum Gasteiger partial charge on any atom is 0.303 e. The Morgan fingerprint density at radius 2 is 1.62 bits per heavy atom.